The molecule has 142 valence electrons. The van der Waals surface area contributed by atoms with E-state index in [2.05, 4.69) is 22.7 Å². The molecule has 0 saturated heterocycles. The molecule has 24 heavy (non-hydrogen) atoms. The van der Waals surface area contributed by atoms with E-state index in [0.717, 1.165) is 17.9 Å². The van der Waals surface area contributed by atoms with E-state index in [1.54, 1.807) is 30.2 Å². The molecule has 2 N–H and O–H groups in total. The lowest BCUT2D eigenvalue weighted by molar-refractivity contribution is -0.108. The zero-order valence-electron chi connectivity index (χ0n) is 17.0. The van der Waals surface area contributed by atoms with E-state index < -0.39 is 0 Å². The summed E-state index contributed by atoms with van der Waals surface area (Å²) in [5, 5.41) is 4.03. The molecule has 1 saturated carbocycles. The molecule has 5 nitrogen and oxygen atoms in total. The summed E-state index contributed by atoms with van der Waals surface area (Å²) in [7, 11) is 3.18. The molecule has 2 rings (SSSR count). The zero-order chi connectivity index (χ0) is 19.2. The van der Waals surface area contributed by atoms with E-state index in [4.69, 9.17) is 0 Å². The molecule has 1 aromatic heterocycles. The summed E-state index contributed by atoms with van der Waals surface area (Å²) < 4.78 is 1.56. The molecule has 0 amide bonds. The molecule has 5 heteroatoms. The first-order valence-corrected chi connectivity index (χ1v) is 9.23. The van der Waals surface area contributed by atoms with Gasteiger partial charge in [-0.1, -0.05) is 66.7 Å². The number of nitrogens with zero attached hydrogens (tertiary/aromatic N) is 3. The largest absolute Gasteiger partial charge is 0.333 e. The van der Waals surface area contributed by atoms with Crippen molar-refractivity contribution < 1.29 is 4.79 Å². The molecule has 0 atom stereocenters. The predicted molar refractivity (Wildman–Crippen MR) is 107 cm³/mol. The standard InChI is InChI=1S/C7H9N3O.C7H14.2C2H6.CH5N/c1-8-6-7-2-3-10(9-7)4-5-11;1-7-5-3-2-4-6-7;3*1-2/h2-3,5-6H,4H2,1H3;7H,2-6H2,1H3;2*1-2H3;2H2,1H3. The molecule has 0 spiro atoms. The molecule has 0 unspecified atom stereocenters. The van der Waals surface area contributed by atoms with Gasteiger partial charge in [-0.25, -0.2) is 0 Å². The van der Waals surface area contributed by atoms with Crippen LogP contribution in [0.4, 0.5) is 0 Å². The lowest BCUT2D eigenvalue weighted by Crippen LogP contribution is -1.99. The normalized spacial score (nSPS) is 13.0. The number of rotatable bonds is 3. The van der Waals surface area contributed by atoms with Crippen LogP contribution in [-0.2, 0) is 11.3 Å². The molecule has 0 radical (unpaired) electrons. The summed E-state index contributed by atoms with van der Waals surface area (Å²) in [4.78, 5) is 13.8. The van der Waals surface area contributed by atoms with Crippen LogP contribution in [0, 0.1) is 5.92 Å². The van der Waals surface area contributed by atoms with Crippen molar-refractivity contribution in [2.45, 2.75) is 73.3 Å². The fourth-order valence-electron chi connectivity index (χ4n) is 2.06. The van der Waals surface area contributed by atoms with Gasteiger partial charge in [-0.2, -0.15) is 5.10 Å². The van der Waals surface area contributed by atoms with Gasteiger partial charge in [0.2, 0.25) is 0 Å². The lowest BCUT2D eigenvalue weighted by Gasteiger charge is -2.15. The molecule has 0 aliphatic heterocycles. The molecule has 1 aromatic rings. The van der Waals surface area contributed by atoms with Gasteiger partial charge >= 0.3 is 0 Å². The SMILES string of the molecule is CC.CC.CC1CCCCC1.CN.CN=Cc1ccn(CC=O)n1. The number of hydrogen-bond acceptors (Lipinski definition) is 4. The van der Waals surface area contributed by atoms with Gasteiger partial charge in [0.25, 0.3) is 0 Å². The van der Waals surface area contributed by atoms with Crippen molar-refractivity contribution in [3.05, 3.63) is 18.0 Å². The van der Waals surface area contributed by atoms with E-state index in [-0.39, 0.29) is 0 Å². The van der Waals surface area contributed by atoms with Gasteiger partial charge in [0.15, 0.2) is 0 Å². The van der Waals surface area contributed by atoms with Crippen LogP contribution in [0.5, 0.6) is 0 Å². The van der Waals surface area contributed by atoms with Crippen LogP contribution in [0.15, 0.2) is 17.3 Å². The first-order chi connectivity index (χ1) is 11.8. The second-order valence-corrected chi connectivity index (χ2v) is 4.76. The van der Waals surface area contributed by atoms with E-state index in [1.165, 1.54) is 39.2 Å². The number of carbonyl (C=O) groups is 1. The second kappa shape index (κ2) is 23.8. The number of hydrogen-bond donors (Lipinski definition) is 1. The molecule has 0 bridgehead atoms. The Labute approximate surface area is 149 Å². The van der Waals surface area contributed by atoms with Crippen LogP contribution in [0.2, 0.25) is 0 Å². The van der Waals surface area contributed by atoms with Crippen molar-refractivity contribution in [1.82, 2.24) is 9.78 Å². The Morgan fingerprint density at radius 2 is 1.75 bits per heavy atom. The number of carbonyl (C=O) groups excluding carboxylic acids is 1. The molecule has 1 aliphatic carbocycles. The molecule has 1 aliphatic rings. The van der Waals surface area contributed by atoms with Crippen molar-refractivity contribution in [1.29, 1.82) is 0 Å². The molecule has 1 fully saturated rings. The smallest absolute Gasteiger partial charge is 0.141 e. The quantitative estimate of drug-likeness (QED) is 0.657. The minimum atomic E-state index is 0.303. The van der Waals surface area contributed by atoms with Gasteiger partial charge in [0.05, 0.1) is 6.54 Å². The maximum absolute atomic E-state index is 10.0. The first-order valence-electron chi connectivity index (χ1n) is 9.23. The first kappa shape index (κ1) is 27.4. The summed E-state index contributed by atoms with van der Waals surface area (Å²) in [5.74, 6) is 1.04. The Balaban J connectivity index is -0.000000293. The highest BCUT2D eigenvalue weighted by atomic mass is 16.1. The van der Waals surface area contributed by atoms with Crippen molar-refractivity contribution in [3.63, 3.8) is 0 Å². The average Bonchev–Trinajstić information content (AvgIpc) is 3.09. The van der Waals surface area contributed by atoms with Crippen molar-refractivity contribution in [3.8, 4) is 0 Å². The third-order valence-corrected chi connectivity index (χ3v) is 3.08. The summed E-state index contributed by atoms with van der Waals surface area (Å²) in [5.41, 5.74) is 5.27. The van der Waals surface area contributed by atoms with E-state index in [0.29, 0.717) is 6.54 Å². The topological polar surface area (TPSA) is 73.3 Å². The number of aromatic nitrogens is 2. The predicted octanol–water partition coefficient (Wildman–Crippen LogP) is 4.34. The van der Waals surface area contributed by atoms with Gasteiger partial charge in [-0.15, -0.1) is 0 Å². The van der Waals surface area contributed by atoms with Gasteiger partial charge in [-0.05, 0) is 19.0 Å². The van der Waals surface area contributed by atoms with E-state index >= 15 is 0 Å². The summed E-state index contributed by atoms with van der Waals surface area (Å²) in [6.45, 7) is 10.7. The molecule has 0 aromatic carbocycles. The van der Waals surface area contributed by atoms with Crippen LogP contribution in [0.1, 0.15) is 72.4 Å². The van der Waals surface area contributed by atoms with Crippen molar-refractivity contribution in [2.24, 2.45) is 16.6 Å². The van der Waals surface area contributed by atoms with Crippen LogP contribution < -0.4 is 5.73 Å². The fraction of sp³-hybridized carbons (Fsp3) is 0.737. The van der Waals surface area contributed by atoms with Crippen molar-refractivity contribution in [2.75, 3.05) is 14.1 Å². The lowest BCUT2D eigenvalue weighted by atomic mass is 9.91. The van der Waals surface area contributed by atoms with Crippen LogP contribution in [0.3, 0.4) is 0 Å². The zero-order valence-corrected chi connectivity index (χ0v) is 17.0. The molecule has 1 heterocycles. The monoisotopic (exact) mass is 340 g/mol. The highest BCUT2D eigenvalue weighted by molar-refractivity contribution is 5.76. The highest BCUT2D eigenvalue weighted by Crippen LogP contribution is 2.22. The van der Waals surface area contributed by atoms with Gasteiger partial charge in [0, 0.05) is 19.5 Å². The Bertz CT molecular complexity index is 369. The minimum Gasteiger partial charge on any atom is -0.333 e. The second-order valence-electron chi connectivity index (χ2n) is 4.76. The molecular formula is C19H40N4O. The van der Waals surface area contributed by atoms with Crippen LogP contribution in [-0.4, -0.2) is 36.4 Å². The molecular weight excluding hydrogens is 300 g/mol. The van der Waals surface area contributed by atoms with Crippen LogP contribution in [0.25, 0.3) is 0 Å². The van der Waals surface area contributed by atoms with E-state index in [9.17, 15) is 4.79 Å². The number of aldehydes is 1. The Morgan fingerprint density at radius 1 is 1.21 bits per heavy atom. The highest BCUT2D eigenvalue weighted by Gasteiger charge is 2.05. The number of nitrogens with two attached hydrogens (primary N) is 1. The number of aliphatic imine (C=N–C) groups is 1. The Morgan fingerprint density at radius 3 is 2.12 bits per heavy atom. The minimum absolute atomic E-state index is 0.303. The van der Waals surface area contributed by atoms with Crippen LogP contribution >= 0.6 is 0 Å². The van der Waals surface area contributed by atoms with E-state index in [1.807, 2.05) is 27.7 Å². The summed E-state index contributed by atoms with van der Waals surface area (Å²) in [6.07, 6.45) is 11.6. The maximum atomic E-state index is 10.0. The summed E-state index contributed by atoms with van der Waals surface area (Å²) in [6, 6.07) is 1.80. The Hall–Kier alpha value is -1.49. The average molecular weight is 341 g/mol. The van der Waals surface area contributed by atoms with Gasteiger partial charge < -0.3 is 10.5 Å². The Kier molecular flexibility index (Phi) is 27.1. The fourth-order valence-corrected chi connectivity index (χ4v) is 2.06. The third-order valence-electron chi connectivity index (χ3n) is 3.08. The maximum Gasteiger partial charge on any atom is 0.141 e. The third kappa shape index (κ3) is 16.9. The van der Waals surface area contributed by atoms with Gasteiger partial charge in [-0.3, -0.25) is 9.67 Å². The van der Waals surface area contributed by atoms with Crippen molar-refractivity contribution >= 4 is 12.5 Å². The summed E-state index contributed by atoms with van der Waals surface area (Å²) >= 11 is 0. The van der Waals surface area contributed by atoms with Gasteiger partial charge in [0.1, 0.15) is 12.0 Å².